The van der Waals surface area contributed by atoms with E-state index in [9.17, 15) is 4.79 Å². The number of carboxylic acid groups (broad SMARTS) is 1. The summed E-state index contributed by atoms with van der Waals surface area (Å²) in [6, 6.07) is 8.19. The molecule has 3 aromatic rings. The zero-order valence-electron chi connectivity index (χ0n) is 13.5. The molecule has 122 valence electrons. The predicted octanol–water partition coefficient (Wildman–Crippen LogP) is 2.28. The van der Waals surface area contributed by atoms with Crippen molar-refractivity contribution in [2.24, 2.45) is 5.10 Å². The topological polar surface area (TPSA) is 105 Å². The van der Waals surface area contributed by atoms with E-state index in [1.807, 2.05) is 26.8 Å². The smallest absolute Gasteiger partial charge is 0.335 e. The first-order valence-electron chi connectivity index (χ1n) is 7.29. The fourth-order valence-electron chi connectivity index (χ4n) is 2.30. The van der Waals surface area contributed by atoms with Gasteiger partial charge in [0.2, 0.25) is 0 Å². The summed E-state index contributed by atoms with van der Waals surface area (Å²) < 4.78 is 1.73. The Morgan fingerprint density at radius 2 is 1.92 bits per heavy atom. The number of hydrogen-bond acceptors (Lipinski definition) is 6. The van der Waals surface area contributed by atoms with Gasteiger partial charge < -0.3 is 5.11 Å². The molecule has 1 aromatic carbocycles. The van der Waals surface area contributed by atoms with Crippen molar-refractivity contribution in [1.82, 2.24) is 19.8 Å². The molecular weight excluding hydrogens is 308 g/mol. The third-order valence-electron chi connectivity index (χ3n) is 3.55. The molecule has 0 unspecified atom stereocenters. The Morgan fingerprint density at radius 1 is 1.21 bits per heavy atom. The second-order valence-corrected chi connectivity index (χ2v) is 5.38. The van der Waals surface area contributed by atoms with Crippen LogP contribution in [-0.2, 0) is 0 Å². The van der Waals surface area contributed by atoms with Crippen LogP contribution in [0.15, 0.2) is 35.4 Å². The molecule has 3 rings (SSSR count). The molecule has 0 aliphatic carbocycles. The van der Waals surface area contributed by atoms with E-state index in [-0.39, 0.29) is 5.56 Å². The van der Waals surface area contributed by atoms with Crippen molar-refractivity contribution < 1.29 is 9.90 Å². The summed E-state index contributed by atoms with van der Waals surface area (Å²) in [5.41, 5.74) is 7.49. The van der Waals surface area contributed by atoms with Gasteiger partial charge in [-0.2, -0.15) is 10.2 Å². The van der Waals surface area contributed by atoms with Crippen LogP contribution in [0.25, 0.3) is 5.65 Å². The molecule has 0 aliphatic heterocycles. The average molecular weight is 324 g/mol. The molecule has 2 N–H and O–H groups in total. The standard InChI is InChI=1S/C16H16N6O2/c1-9-8-14-19-20-15(11(3)22(14)21-9)10(2)17-18-13-6-4-12(5-7-13)16(23)24/h4-8,18H,1-3H3,(H,23,24)/b17-10+. The minimum absolute atomic E-state index is 0.225. The van der Waals surface area contributed by atoms with Gasteiger partial charge in [-0.05, 0) is 45.0 Å². The summed E-state index contributed by atoms with van der Waals surface area (Å²) in [4.78, 5) is 10.8. The first-order chi connectivity index (χ1) is 11.5. The van der Waals surface area contributed by atoms with E-state index >= 15 is 0 Å². The van der Waals surface area contributed by atoms with Crippen molar-refractivity contribution in [3.63, 3.8) is 0 Å². The zero-order chi connectivity index (χ0) is 17.3. The number of aromatic nitrogens is 4. The monoisotopic (exact) mass is 324 g/mol. The molecule has 2 heterocycles. The minimum atomic E-state index is -0.963. The van der Waals surface area contributed by atoms with Crippen LogP contribution in [0, 0.1) is 13.8 Å². The Labute approximate surface area is 137 Å². The molecule has 2 aromatic heterocycles. The van der Waals surface area contributed by atoms with Crippen LogP contribution >= 0.6 is 0 Å². The van der Waals surface area contributed by atoms with E-state index in [1.54, 1.807) is 16.6 Å². The highest BCUT2D eigenvalue weighted by atomic mass is 16.4. The van der Waals surface area contributed by atoms with Crippen molar-refractivity contribution in [2.75, 3.05) is 5.43 Å². The van der Waals surface area contributed by atoms with Gasteiger partial charge in [-0.1, -0.05) is 0 Å². The van der Waals surface area contributed by atoms with Crippen molar-refractivity contribution >= 4 is 23.0 Å². The van der Waals surface area contributed by atoms with Gasteiger partial charge in [-0.15, -0.1) is 10.2 Å². The van der Waals surface area contributed by atoms with Crippen LogP contribution < -0.4 is 5.43 Å². The first-order valence-corrected chi connectivity index (χ1v) is 7.29. The van der Waals surface area contributed by atoms with Crippen LogP contribution in [0.2, 0.25) is 0 Å². The fraction of sp³-hybridized carbons (Fsp3) is 0.188. The van der Waals surface area contributed by atoms with Crippen molar-refractivity contribution in [1.29, 1.82) is 0 Å². The van der Waals surface area contributed by atoms with Crippen molar-refractivity contribution in [3.05, 3.63) is 53.0 Å². The van der Waals surface area contributed by atoms with Gasteiger partial charge >= 0.3 is 5.97 Å². The number of aromatic carboxylic acids is 1. The van der Waals surface area contributed by atoms with Crippen LogP contribution in [0.1, 0.15) is 34.4 Å². The molecule has 24 heavy (non-hydrogen) atoms. The van der Waals surface area contributed by atoms with Crippen molar-refractivity contribution in [3.8, 4) is 0 Å². The number of anilines is 1. The quantitative estimate of drug-likeness (QED) is 0.563. The van der Waals surface area contributed by atoms with E-state index < -0.39 is 5.97 Å². The van der Waals surface area contributed by atoms with E-state index in [0.717, 1.165) is 11.4 Å². The van der Waals surface area contributed by atoms with Gasteiger partial charge in [0.25, 0.3) is 0 Å². The maximum Gasteiger partial charge on any atom is 0.335 e. The summed E-state index contributed by atoms with van der Waals surface area (Å²) in [5.74, 6) is -0.963. The Morgan fingerprint density at radius 3 is 2.58 bits per heavy atom. The molecule has 0 fully saturated rings. The number of nitrogens with zero attached hydrogens (tertiary/aromatic N) is 5. The van der Waals surface area contributed by atoms with E-state index in [4.69, 9.17) is 5.11 Å². The van der Waals surface area contributed by atoms with Gasteiger partial charge in [-0.25, -0.2) is 9.31 Å². The van der Waals surface area contributed by atoms with E-state index in [0.29, 0.717) is 22.7 Å². The van der Waals surface area contributed by atoms with Crippen LogP contribution in [0.5, 0.6) is 0 Å². The number of benzene rings is 1. The number of rotatable bonds is 4. The fourth-order valence-corrected chi connectivity index (χ4v) is 2.30. The van der Waals surface area contributed by atoms with Crippen LogP contribution in [0.3, 0.4) is 0 Å². The van der Waals surface area contributed by atoms with Gasteiger partial charge in [-0.3, -0.25) is 5.43 Å². The van der Waals surface area contributed by atoms with Crippen LogP contribution in [0.4, 0.5) is 5.69 Å². The molecule has 8 heteroatoms. The molecular formula is C16H16N6O2. The number of aryl methyl sites for hydroxylation is 2. The largest absolute Gasteiger partial charge is 0.478 e. The Kier molecular flexibility index (Phi) is 3.95. The predicted molar refractivity (Wildman–Crippen MR) is 89.5 cm³/mol. The summed E-state index contributed by atoms with van der Waals surface area (Å²) >= 11 is 0. The lowest BCUT2D eigenvalue weighted by Crippen LogP contribution is -2.11. The lowest BCUT2D eigenvalue weighted by atomic mass is 10.2. The van der Waals surface area contributed by atoms with Crippen LogP contribution in [-0.4, -0.2) is 36.6 Å². The normalized spacial score (nSPS) is 11.7. The Bertz CT molecular complexity index is 943. The van der Waals surface area contributed by atoms with Gasteiger partial charge in [0.15, 0.2) is 5.65 Å². The molecule has 0 atom stereocenters. The molecule has 0 radical (unpaired) electrons. The molecule has 0 saturated heterocycles. The second-order valence-electron chi connectivity index (χ2n) is 5.38. The number of fused-ring (bicyclic) bond motifs is 1. The molecule has 0 aliphatic rings. The Hall–Kier alpha value is -3.29. The molecule has 0 spiro atoms. The second kappa shape index (κ2) is 6.07. The third kappa shape index (κ3) is 2.94. The number of hydrazone groups is 1. The number of hydrogen-bond donors (Lipinski definition) is 2. The Balaban J connectivity index is 1.85. The zero-order valence-corrected chi connectivity index (χ0v) is 13.5. The highest BCUT2D eigenvalue weighted by Crippen LogP contribution is 2.12. The number of carbonyl (C=O) groups is 1. The average Bonchev–Trinajstić information content (AvgIpc) is 2.95. The minimum Gasteiger partial charge on any atom is -0.478 e. The molecule has 0 amide bonds. The molecule has 8 nitrogen and oxygen atoms in total. The van der Waals surface area contributed by atoms with Gasteiger partial charge in [0, 0.05) is 6.07 Å². The molecule has 0 bridgehead atoms. The molecule has 0 saturated carbocycles. The summed E-state index contributed by atoms with van der Waals surface area (Å²) in [6.07, 6.45) is 0. The number of carboxylic acids is 1. The maximum atomic E-state index is 10.8. The summed E-state index contributed by atoms with van der Waals surface area (Å²) in [7, 11) is 0. The highest BCUT2D eigenvalue weighted by Gasteiger charge is 2.11. The van der Waals surface area contributed by atoms with E-state index in [2.05, 4.69) is 25.8 Å². The summed E-state index contributed by atoms with van der Waals surface area (Å²) in [6.45, 7) is 5.62. The lowest BCUT2D eigenvalue weighted by Gasteiger charge is -2.06. The summed E-state index contributed by atoms with van der Waals surface area (Å²) in [5, 5.41) is 25.9. The first kappa shape index (κ1) is 15.6. The third-order valence-corrected chi connectivity index (χ3v) is 3.55. The SMILES string of the molecule is C/C(=N\Nc1ccc(C(=O)O)cc1)c1nnc2cc(C)nn2c1C. The lowest BCUT2D eigenvalue weighted by molar-refractivity contribution is 0.0697. The van der Waals surface area contributed by atoms with Crippen molar-refractivity contribution in [2.45, 2.75) is 20.8 Å². The van der Waals surface area contributed by atoms with Gasteiger partial charge in [0.1, 0.15) is 5.69 Å². The number of nitrogens with one attached hydrogen (secondary N) is 1. The van der Waals surface area contributed by atoms with E-state index in [1.165, 1.54) is 12.1 Å². The maximum absolute atomic E-state index is 10.8. The van der Waals surface area contributed by atoms with Gasteiger partial charge in [0.05, 0.1) is 28.4 Å². The highest BCUT2D eigenvalue weighted by molar-refractivity contribution is 5.98.